The van der Waals surface area contributed by atoms with E-state index >= 15 is 0 Å². The first kappa shape index (κ1) is 16.4. The highest BCUT2D eigenvalue weighted by Gasteiger charge is 2.37. The molecule has 0 saturated carbocycles. The van der Waals surface area contributed by atoms with Gasteiger partial charge in [0.15, 0.2) is 0 Å². The van der Waals surface area contributed by atoms with Crippen LogP contribution in [0.5, 0.6) is 0 Å². The molecule has 5 nitrogen and oxygen atoms in total. The minimum Gasteiger partial charge on any atom is -0.382 e. The van der Waals surface area contributed by atoms with Gasteiger partial charge in [-0.2, -0.15) is 0 Å². The number of hydrogen-bond donors (Lipinski definition) is 1. The van der Waals surface area contributed by atoms with E-state index in [1.165, 1.54) is 0 Å². The smallest absolute Gasteiger partial charge is 0.241 e. The van der Waals surface area contributed by atoms with E-state index in [-0.39, 0.29) is 18.1 Å². The predicted octanol–water partition coefficient (Wildman–Crippen LogP) is 1.23. The molecule has 5 heteroatoms. The summed E-state index contributed by atoms with van der Waals surface area (Å²) in [7, 11) is 1.65. The fourth-order valence-electron chi connectivity index (χ4n) is 2.35. The van der Waals surface area contributed by atoms with Gasteiger partial charge in [0.25, 0.3) is 0 Å². The van der Waals surface area contributed by atoms with Crippen LogP contribution in [0.2, 0.25) is 0 Å². The Hall–Kier alpha value is -0.650. The zero-order valence-electron chi connectivity index (χ0n) is 12.6. The van der Waals surface area contributed by atoms with Gasteiger partial charge in [-0.25, -0.2) is 0 Å². The molecule has 1 amide bonds. The third-order valence-electron chi connectivity index (χ3n) is 3.36. The summed E-state index contributed by atoms with van der Waals surface area (Å²) in [5.74, 6) is 0.779. The summed E-state index contributed by atoms with van der Waals surface area (Å²) in [6.07, 6.45) is 1.98. The van der Waals surface area contributed by atoms with Crippen LogP contribution in [0.4, 0.5) is 0 Å². The van der Waals surface area contributed by atoms with Crippen molar-refractivity contribution < 1.29 is 14.3 Å². The molecule has 0 aromatic carbocycles. The number of ether oxygens (including phenoxy) is 2. The first-order chi connectivity index (χ1) is 9.10. The van der Waals surface area contributed by atoms with Crippen molar-refractivity contribution in [2.75, 3.05) is 33.5 Å². The van der Waals surface area contributed by atoms with E-state index in [0.717, 1.165) is 12.8 Å². The first-order valence-corrected chi connectivity index (χ1v) is 7.23. The van der Waals surface area contributed by atoms with Crippen LogP contribution in [0.3, 0.4) is 0 Å². The summed E-state index contributed by atoms with van der Waals surface area (Å²) in [6, 6.07) is -0.0253. The molecule has 2 unspecified atom stereocenters. The molecule has 19 heavy (non-hydrogen) atoms. The molecular weight excluding hydrogens is 244 g/mol. The monoisotopic (exact) mass is 272 g/mol. The van der Waals surface area contributed by atoms with Gasteiger partial charge >= 0.3 is 0 Å². The van der Waals surface area contributed by atoms with Gasteiger partial charge in [-0.05, 0) is 18.8 Å². The Morgan fingerprint density at radius 3 is 2.63 bits per heavy atom. The second-order valence-corrected chi connectivity index (χ2v) is 5.41. The van der Waals surface area contributed by atoms with Crippen molar-refractivity contribution in [1.29, 1.82) is 0 Å². The van der Waals surface area contributed by atoms with Crippen LogP contribution in [0.25, 0.3) is 0 Å². The molecule has 1 aliphatic heterocycles. The van der Waals surface area contributed by atoms with Crippen LogP contribution in [-0.4, -0.2) is 56.5 Å². The average molecular weight is 272 g/mol. The summed E-state index contributed by atoms with van der Waals surface area (Å²) >= 11 is 0. The van der Waals surface area contributed by atoms with Crippen LogP contribution in [0.15, 0.2) is 0 Å². The van der Waals surface area contributed by atoms with Crippen LogP contribution in [0.1, 0.15) is 33.6 Å². The zero-order valence-corrected chi connectivity index (χ0v) is 12.6. The average Bonchev–Trinajstić information content (AvgIpc) is 2.65. The number of amides is 1. The third-order valence-corrected chi connectivity index (χ3v) is 3.36. The molecular formula is C14H28N2O3. The molecule has 1 heterocycles. The number of carbonyl (C=O) groups is 1. The maximum Gasteiger partial charge on any atom is 0.241 e. The molecule has 0 spiro atoms. The standard InChI is InChI=1S/C14H28N2O3/c1-5-12-14(17)16(6-7-19-9-8-18-4)13(15-12)10-11(2)3/h11-13,15H,5-10H2,1-4H3. The summed E-state index contributed by atoms with van der Waals surface area (Å²) < 4.78 is 10.4. The molecule has 1 fully saturated rings. The van der Waals surface area contributed by atoms with Crippen molar-refractivity contribution in [1.82, 2.24) is 10.2 Å². The topological polar surface area (TPSA) is 50.8 Å². The largest absolute Gasteiger partial charge is 0.382 e. The summed E-state index contributed by atoms with van der Waals surface area (Å²) in [5.41, 5.74) is 0. The maximum absolute atomic E-state index is 12.2. The molecule has 112 valence electrons. The van der Waals surface area contributed by atoms with Gasteiger partial charge in [-0.15, -0.1) is 0 Å². The predicted molar refractivity (Wildman–Crippen MR) is 74.9 cm³/mol. The quantitative estimate of drug-likeness (QED) is 0.642. The lowest BCUT2D eigenvalue weighted by molar-refractivity contribution is -0.131. The normalized spacial score (nSPS) is 23.6. The fourth-order valence-corrected chi connectivity index (χ4v) is 2.35. The van der Waals surface area contributed by atoms with Gasteiger partial charge in [0.2, 0.25) is 5.91 Å². The highest BCUT2D eigenvalue weighted by atomic mass is 16.5. The Kier molecular flexibility index (Phi) is 7.34. The molecule has 0 bridgehead atoms. The van der Waals surface area contributed by atoms with Crippen molar-refractivity contribution in [3.63, 3.8) is 0 Å². The molecule has 2 atom stereocenters. The van der Waals surface area contributed by atoms with Gasteiger partial charge in [-0.1, -0.05) is 20.8 Å². The number of nitrogens with one attached hydrogen (secondary N) is 1. The lowest BCUT2D eigenvalue weighted by Gasteiger charge is -2.25. The lowest BCUT2D eigenvalue weighted by atomic mass is 10.1. The van der Waals surface area contributed by atoms with Gasteiger partial charge < -0.3 is 14.4 Å². The van der Waals surface area contributed by atoms with Gasteiger partial charge in [0, 0.05) is 13.7 Å². The number of methoxy groups -OCH3 is 1. The Morgan fingerprint density at radius 2 is 2.05 bits per heavy atom. The van der Waals surface area contributed by atoms with Crippen LogP contribution in [0, 0.1) is 5.92 Å². The van der Waals surface area contributed by atoms with Crippen molar-refractivity contribution in [3.05, 3.63) is 0 Å². The van der Waals surface area contributed by atoms with Crippen LogP contribution in [-0.2, 0) is 14.3 Å². The Morgan fingerprint density at radius 1 is 1.32 bits per heavy atom. The molecule has 0 aromatic heterocycles. The minimum absolute atomic E-state index is 0.0253. The van der Waals surface area contributed by atoms with Gasteiger partial charge in [-0.3, -0.25) is 10.1 Å². The van der Waals surface area contributed by atoms with Crippen LogP contribution >= 0.6 is 0 Å². The van der Waals surface area contributed by atoms with Gasteiger partial charge in [0.05, 0.1) is 32.0 Å². The van der Waals surface area contributed by atoms with E-state index in [0.29, 0.717) is 32.3 Å². The Bertz CT molecular complexity index is 271. The van der Waals surface area contributed by atoms with Gasteiger partial charge in [0.1, 0.15) is 0 Å². The molecule has 0 radical (unpaired) electrons. The SMILES string of the molecule is CCC1NC(CC(C)C)N(CCOCCOC)C1=O. The van der Waals surface area contributed by atoms with E-state index in [1.54, 1.807) is 7.11 Å². The fraction of sp³-hybridized carbons (Fsp3) is 0.929. The van der Waals surface area contributed by atoms with Crippen molar-refractivity contribution >= 4 is 5.91 Å². The molecule has 1 saturated heterocycles. The first-order valence-electron chi connectivity index (χ1n) is 7.23. The second-order valence-electron chi connectivity index (χ2n) is 5.41. The zero-order chi connectivity index (χ0) is 14.3. The van der Waals surface area contributed by atoms with E-state index in [9.17, 15) is 4.79 Å². The Balaban J connectivity index is 2.43. The summed E-state index contributed by atoms with van der Waals surface area (Å²) in [6.45, 7) is 8.81. The van der Waals surface area contributed by atoms with Crippen molar-refractivity contribution in [3.8, 4) is 0 Å². The highest BCUT2D eigenvalue weighted by molar-refractivity contribution is 5.84. The van der Waals surface area contributed by atoms with Crippen molar-refractivity contribution in [2.24, 2.45) is 5.92 Å². The molecule has 0 aromatic rings. The molecule has 1 rings (SSSR count). The highest BCUT2D eigenvalue weighted by Crippen LogP contribution is 2.18. The van der Waals surface area contributed by atoms with Crippen LogP contribution < -0.4 is 5.32 Å². The summed E-state index contributed by atoms with van der Waals surface area (Å²) in [5, 5.41) is 3.42. The third kappa shape index (κ3) is 5.09. The van der Waals surface area contributed by atoms with E-state index < -0.39 is 0 Å². The lowest BCUT2D eigenvalue weighted by Crippen LogP contribution is -2.40. The Labute approximate surface area is 116 Å². The second kappa shape index (κ2) is 8.51. The molecule has 1 aliphatic rings. The number of hydrogen-bond acceptors (Lipinski definition) is 4. The van der Waals surface area contributed by atoms with E-state index in [4.69, 9.17) is 9.47 Å². The van der Waals surface area contributed by atoms with Crippen molar-refractivity contribution in [2.45, 2.75) is 45.8 Å². The molecule has 1 N–H and O–H groups in total. The summed E-state index contributed by atoms with van der Waals surface area (Å²) in [4.78, 5) is 14.2. The maximum atomic E-state index is 12.2. The number of rotatable bonds is 9. The minimum atomic E-state index is -0.0253. The van der Waals surface area contributed by atoms with E-state index in [1.807, 2.05) is 11.8 Å². The number of carbonyl (C=O) groups excluding carboxylic acids is 1. The van der Waals surface area contributed by atoms with E-state index in [2.05, 4.69) is 19.2 Å². The molecule has 0 aliphatic carbocycles. The number of nitrogens with zero attached hydrogens (tertiary/aromatic N) is 1.